The van der Waals surface area contributed by atoms with Gasteiger partial charge >= 0.3 is 0 Å². The summed E-state index contributed by atoms with van der Waals surface area (Å²) >= 11 is 1.26. The molecule has 170 valence electrons. The molecule has 33 heavy (non-hydrogen) atoms. The number of likely N-dealkylation sites (N-methyl/N-ethyl adjacent to an activating group) is 1. The van der Waals surface area contributed by atoms with E-state index in [1.165, 1.54) is 24.1 Å². The smallest absolute Gasteiger partial charge is 0.150 e. The third kappa shape index (κ3) is 4.26. The molecule has 0 saturated carbocycles. The van der Waals surface area contributed by atoms with Crippen LogP contribution >= 0.6 is 11.9 Å². The molecular formula is C24H24F2N6S. The number of anilines is 2. The Hall–Kier alpha value is -3.17. The number of hydrogen-bond acceptors (Lipinski definition) is 6. The van der Waals surface area contributed by atoms with Crippen LogP contribution in [-0.4, -0.2) is 59.1 Å². The first-order valence-corrected chi connectivity index (χ1v) is 11.5. The van der Waals surface area contributed by atoms with Gasteiger partial charge in [0.25, 0.3) is 0 Å². The summed E-state index contributed by atoms with van der Waals surface area (Å²) in [6, 6.07) is 8.70. The van der Waals surface area contributed by atoms with Crippen LogP contribution in [0.5, 0.6) is 0 Å². The molecule has 1 aromatic carbocycles. The molecule has 0 atom stereocenters. The van der Waals surface area contributed by atoms with Gasteiger partial charge in [-0.3, -0.25) is 8.96 Å². The van der Waals surface area contributed by atoms with Crippen molar-refractivity contribution in [3.8, 4) is 11.1 Å². The Morgan fingerprint density at radius 3 is 2.39 bits per heavy atom. The summed E-state index contributed by atoms with van der Waals surface area (Å²) in [6.45, 7) is 2.79. The van der Waals surface area contributed by atoms with Gasteiger partial charge in [-0.15, -0.1) is 0 Å². The molecule has 5 rings (SSSR count). The number of halogens is 2. The monoisotopic (exact) mass is 466 g/mol. The van der Waals surface area contributed by atoms with Crippen LogP contribution in [0.2, 0.25) is 0 Å². The fourth-order valence-electron chi connectivity index (χ4n) is 4.08. The lowest BCUT2D eigenvalue weighted by Crippen LogP contribution is -2.45. The van der Waals surface area contributed by atoms with Crippen molar-refractivity contribution in [1.29, 1.82) is 0 Å². The molecule has 6 nitrogen and oxygen atoms in total. The molecule has 1 saturated heterocycles. The Morgan fingerprint density at radius 1 is 0.970 bits per heavy atom. The third-order valence-corrected chi connectivity index (χ3v) is 6.89. The van der Waals surface area contributed by atoms with E-state index in [4.69, 9.17) is 0 Å². The number of pyridine rings is 2. The zero-order valence-electron chi connectivity index (χ0n) is 18.4. The van der Waals surface area contributed by atoms with E-state index in [1.807, 2.05) is 42.5 Å². The largest absolute Gasteiger partial charge is 0.373 e. The van der Waals surface area contributed by atoms with Crippen molar-refractivity contribution in [2.24, 2.45) is 0 Å². The van der Waals surface area contributed by atoms with Gasteiger partial charge in [-0.1, -0.05) is 0 Å². The maximum Gasteiger partial charge on any atom is 0.150 e. The van der Waals surface area contributed by atoms with Crippen molar-refractivity contribution in [3.05, 3.63) is 66.8 Å². The van der Waals surface area contributed by atoms with Crippen LogP contribution < -0.4 is 10.2 Å². The van der Waals surface area contributed by atoms with E-state index >= 15 is 0 Å². The molecule has 4 aromatic rings. The Morgan fingerprint density at radius 2 is 1.73 bits per heavy atom. The van der Waals surface area contributed by atoms with Crippen LogP contribution in [0.3, 0.4) is 0 Å². The van der Waals surface area contributed by atoms with Crippen LogP contribution in [0, 0.1) is 11.6 Å². The fourth-order valence-corrected chi connectivity index (χ4v) is 4.99. The molecule has 1 N–H and O–H groups in total. The topological polar surface area (TPSA) is 49.2 Å². The standard InChI is InChI=1S/C24H24F2N6S/c1-27-23-4-3-16(13-29-23)19-14-28-15-22-18(19)5-6-32(22)33-17-11-20(25)24(21(26)12-17)31-9-7-30(2)8-10-31/h3-6,11-15H,7-10H2,1-2H3,(H,27,29). The Bertz CT molecular complexity index is 1260. The zero-order chi connectivity index (χ0) is 22.9. The fraction of sp³-hybridized carbons (Fsp3) is 0.250. The molecule has 0 radical (unpaired) electrons. The molecule has 1 aliphatic rings. The normalized spacial score (nSPS) is 14.7. The summed E-state index contributed by atoms with van der Waals surface area (Å²) in [5.41, 5.74) is 2.82. The van der Waals surface area contributed by atoms with Crippen molar-refractivity contribution in [2.45, 2.75) is 4.90 Å². The van der Waals surface area contributed by atoms with Crippen LogP contribution in [0.1, 0.15) is 0 Å². The first-order valence-electron chi connectivity index (χ1n) is 10.7. The number of rotatable bonds is 5. The molecule has 1 aliphatic heterocycles. The summed E-state index contributed by atoms with van der Waals surface area (Å²) in [6.07, 6.45) is 7.25. The number of nitrogens with zero attached hydrogens (tertiary/aromatic N) is 5. The average Bonchev–Trinajstić information content (AvgIpc) is 3.23. The number of nitrogens with one attached hydrogen (secondary N) is 1. The van der Waals surface area contributed by atoms with E-state index in [2.05, 4.69) is 20.2 Å². The Balaban J connectivity index is 1.44. The number of hydrogen-bond donors (Lipinski definition) is 1. The first-order chi connectivity index (χ1) is 16.0. The van der Waals surface area contributed by atoms with E-state index in [0.29, 0.717) is 18.0 Å². The predicted octanol–water partition coefficient (Wildman–Crippen LogP) is 4.73. The SMILES string of the molecule is CNc1ccc(-c2cncc3c2ccn3Sc2cc(F)c(N3CCN(C)CC3)c(F)c2)cn1. The highest BCUT2D eigenvalue weighted by Gasteiger charge is 2.22. The minimum atomic E-state index is -0.534. The van der Waals surface area contributed by atoms with Crippen molar-refractivity contribution in [3.63, 3.8) is 0 Å². The van der Waals surface area contributed by atoms with Gasteiger partial charge in [-0.05, 0) is 49.3 Å². The molecule has 0 bridgehead atoms. The number of fused-ring (bicyclic) bond motifs is 1. The second kappa shape index (κ2) is 8.99. The van der Waals surface area contributed by atoms with Gasteiger partial charge in [-0.25, -0.2) is 13.8 Å². The maximum atomic E-state index is 14.9. The molecule has 9 heteroatoms. The Kier molecular flexibility index (Phi) is 5.90. The van der Waals surface area contributed by atoms with Crippen LogP contribution in [0.15, 0.2) is 60.0 Å². The minimum absolute atomic E-state index is 0.0614. The average molecular weight is 467 g/mol. The second-order valence-corrected chi connectivity index (χ2v) is 9.11. The van der Waals surface area contributed by atoms with Crippen LogP contribution in [0.25, 0.3) is 22.0 Å². The van der Waals surface area contributed by atoms with Gasteiger partial charge in [0.05, 0.1) is 11.7 Å². The van der Waals surface area contributed by atoms with Crippen molar-refractivity contribution >= 4 is 34.4 Å². The molecule has 3 aromatic heterocycles. The summed E-state index contributed by atoms with van der Waals surface area (Å²) in [5, 5.41) is 4.00. The molecule has 0 amide bonds. The number of aromatic nitrogens is 3. The molecule has 0 unspecified atom stereocenters. The predicted molar refractivity (Wildman–Crippen MR) is 130 cm³/mol. The van der Waals surface area contributed by atoms with Crippen molar-refractivity contribution in [2.75, 3.05) is 50.5 Å². The second-order valence-electron chi connectivity index (χ2n) is 8.06. The molecule has 4 heterocycles. The van der Waals surface area contributed by atoms with E-state index in [9.17, 15) is 8.78 Å². The quantitative estimate of drug-likeness (QED) is 0.459. The number of piperazine rings is 1. The maximum absolute atomic E-state index is 14.9. The third-order valence-electron chi connectivity index (χ3n) is 5.92. The van der Waals surface area contributed by atoms with Gasteiger partial charge in [-0.2, -0.15) is 0 Å². The highest BCUT2D eigenvalue weighted by Crippen LogP contribution is 2.35. The van der Waals surface area contributed by atoms with E-state index < -0.39 is 11.6 Å². The van der Waals surface area contributed by atoms with Crippen molar-refractivity contribution in [1.82, 2.24) is 18.8 Å². The molecular weight excluding hydrogens is 442 g/mol. The van der Waals surface area contributed by atoms with Crippen molar-refractivity contribution < 1.29 is 8.78 Å². The van der Waals surface area contributed by atoms with Gasteiger partial charge in [0.2, 0.25) is 0 Å². The minimum Gasteiger partial charge on any atom is -0.373 e. The Labute approximate surface area is 195 Å². The van der Waals surface area contributed by atoms with Gasteiger partial charge in [0, 0.05) is 73.2 Å². The van der Waals surface area contributed by atoms with Crippen LogP contribution in [-0.2, 0) is 0 Å². The lowest BCUT2D eigenvalue weighted by Gasteiger charge is -2.34. The van der Waals surface area contributed by atoms with E-state index in [0.717, 1.165) is 40.9 Å². The summed E-state index contributed by atoms with van der Waals surface area (Å²) in [5.74, 6) is -0.280. The lowest BCUT2D eigenvalue weighted by molar-refractivity contribution is 0.310. The number of benzene rings is 1. The van der Waals surface area contributed by atoms with Crippen LogP contribution in [0.4, 0.5) is 20.3 Å². The van der Waals surface area contributed by atoms with E-state index in [-0.39, 0.29) is 5.69 Å². The summed E-state index contributed by atoms with van der Waals surface area (Å²) in [7, 11) is 3.84. The van der Waals surface area contributed by atoms with Gasteiger partial charge in [0.1, 0.15) is 11.5 Å². The van der Waals surface area contributed by atoms with Gasteiger partial charge < -0.3 is 15.1 Å². The summed E-state index contributed by atoms with van der Waals surface area (Å²) in [4.78, 5) is 13.2. The zero-order valence-corrected chi connectivity index (χ0v) is 19.2. The molecule has 0 aliphatic carbocycles. The molecule has 0 spiro atoms. The van der Waals surface area contributed by atoms with Gasteiger partial charge in [0.15, 0.2) is 11.6 Å². The lowest BCUT2D eigenvalue weighted by atomic mass is 10.1. The highest BCUT2D eigenvalue weighted by molar-refractivity contribution is 7.98. The summed E-state index contributed by atoms with van der Waals surface area (Å²) < 4.78 is 31.8. The first kappa shape index (κ1) is 21.7. The highest BCUT2D eigenvalue weighted by atomic mass is 32.2. The van der Waals surface area contributed by atoms with E-state index in [1.54, 1.807) is 23.5 Å². The molecule has 1 fully saturated rings.